The van der Waals surface area contributed by atoms with Gasteiger partial charge in [-0.3, -0.25) is 4.79 Å². The summed E-state index contributed by atoms with van der Waals surface area (Å²) in [4.78, 5) is 12.5. The molecule has 0 saturated heterocycles. The van der Waals surface area contributed by atoms with Gasteiger partial charge in [0.25, 0.3) is 0 Å². The smallest absolute Gasteiger partial charge is 0.243 e. The lowest BCUT2D eigenvalue weighted by Gasteiger charge is -2.21. The van der Waals surface area contributed by atoms with Crippen molar-refractivity contribution in [3.8, 4) is 6.07 Å². The quantitative estimate of drug-likeness (QED) is 0.801. The Labute approximate surface area is 163 Å². The molecule has 1 fully saturated rings. The largest absolute Gasteiger partial charge is 0.324 e. The molecular formula is C19H18ClN3O3S. The highest BCUT2D eigenvalue weighted by molar-refractivity contribution is 7.89. The van der Waals surface area contributed by atoms with E-state index < -0.39 is 15.9 Å². The van der Waals surface area contributed by atoms with Crippen molar-refractivity contribution in [2.45, 2.75) is 30.7 Å². The number of carbonyl (C=O) groups excluding carboxylic acids is 1. The van der Waals surface area contributed by atoms with Crippen LogP contribution in [0.15, 0.2) is 47.4 Å². The van der Waals surface area contributed by atoms with Crippen molar-refractivity contribution in [2.24, 2.45) is 0 Å². The first-order chi connectivity index (χ1) is 12.8. The second-order valence-corrected chi connectivity index (χ2v) is 8.75. The van der Waals surface area contributed by atoms with E-state index >= 15 is 0 Å². The molecule has 6 nitrogen and oxygen atoms in total. The molecule has 1 N–H and O–H groups in total. The Balaban J connectivity index is 1.79. The molecular weight excluding hydrogens is 386 g/mol. The molecule has 0 atom stereocenters. The minimum Gasteiger partial charge on any atom is -0.324 e. The molecule has 0 spiro atoms. The molecule has 1 aliphatic carbocycles. The second kappa shape index (κ2) is 7.69. The van der Waals surface area contributed by atoms with Gasteiger partial charge in [0.1, 0.15) is 0 Å². The molecule has 27 heavy (non-hydrogen) atoms. The van der Waals surface area contributed by atoms with Crippen LogP contribution in [0.5, 0.6) is 0 Å². The number of nitrogens with zero attached hydrogens (tertiary/aromatic N) is 2. The summed E-state index contributed by atoms with van der Waals surface area (Å²) in [5.74, 6) is -0.454. The van der Waals surface area contributed by atoms with Gasteiger partial charge in [-0.1, -0.05) is 17.7 Å². The molecule has 1 amide bonds. The highest BCUT2D eigenvalue weighted by Gasteiger charge is 2.39. The summed E-state index contributed by atoms with van der Waals surface area (Å²) < 4.78 is 27.1. The van der Waals surface area contributed by atoms with Crippen LogP contribution in [0.25, 0.3) is 0 Å². The summed E-state index contributed by atoms with van der Waals surface area (Å²) in [6, 6.07) is 12.7. The highest BCUT2D eigenvalue weighted by atomic mass is 35.5. The summed E-state index contributed by atoms with van der Waals surface area (Å²) in [5.41, 5.74) is 1.78. The van der Waals surface area contributed by atoms with Crippen molar-refractivity contribution in [1.82, 2.24) is 4.31 Å². The molecule has 3 rings (SSSR count). The Kier molecular flexibility index (Phi) is 5.51. The molecule has 2 aromatic carbocycles. The zero-order chi connectivity index (χ0) is 19.6. The first kappa shape index (κ1) is 19.4. The number of hydrogen-bond acceptors (Lipinski definition) is 4. The number of anilines is 1. The van der Waals surface area contributed by atoms with Crippen LogP contribution >= 0.6 is 11.6 Å². The predicted octanol–water partition coefficient (Wildman–Crippen LogP) is 3.31. The first-order valence-electron chi connectivity index (χ1n) is 8.39. The Morgan fingerprint density at radius 2 is 1.93 bits per heavy atom. The predicted molar refractivity (Wildman–Crippen MR) is 103 cm³/mol. The van der Waals surface area contributed by atoms with E-state index in [0.717, 1.165) is 5.56 Å². The third-order valence-corrected chi connectivity index (χ3v) is 6.47. The Hall–Kier alpha value is -2.40. The lowest BCUT2D eigenvalue weighted by molar-refractivity contribution is -0.116. The summed E-state index contributed by atoms with van der Waals surface area (Å²) in [6.07, 6.45) is 1.43. The number of nitrogens with one attached hydrogen (secondary N) is 1. The monoisotopic (exact) mass is 403 g/mol. The number of aryl methyl sites for hydroxylation is 1. The van der Waals surface area contributed by atoms with Gasteiger partial charge in [0.05, 0.1) is 33.8 Å². The van der Waals surface area contributed by atoms with Crippen molar-refractivity contribution in [3.05, 3.63) is 58.6 Å². The number of carbonyl (C=O) groups is 1. The van der Waals surface area contributed by atoms with Crippen LogP contribution < -0.4 is 5.32 Å². The number of amides is 1. The van der Waals surface area contributed by atoms with E-state index in [0.29, 0.717) is 29.1 Å². The maximum atomic E-state index is 12.9. The normalized spacial score (nSPS) is 14.0. The van der Waals surface area contributed by atoms with Crippen molar-refractivity contribution >= 4 is 33.2 Å². The van der Waals surface area contributed by atoms with Crippen LogP contribution in [0.1, 0.15) is 24.0 Å². The van der Waals surface area contributed by atoms with Gasteiger partial charge in [-0.05, 0) is 61.7 Å². The second-order valence-electron chi connectivity index (χ2n) is 6.45. The van der Waals surface area contributed by atoms with Crippen LogP contribution in [0.4, 0.5) is 5.69 Å². The fraction of sp³-hybridized carbons (Fsp3) is 0.263. The van der Waals surface area contributed by atoms with Gasteiger partial charge in [0.15, 0.2) is 0 Å². The minimum absolute atomic E-state index is 0.0644. The molecule has 0 aliphatic heterocycles. The number of rotatable bonds is 6. The number of hydrogen-bond donors (Lipinski definition) is 1. The van der Waals surface area contributed by atoms with Crippen molar-refractivity contribution in [3.63, 3.8) is 0 Å². The van der Waals surface area contributed by atoms with Gasteiger partial charge in [0, 0.05) is 6.04 Å². The third-order valence-electron chi connectivity index (χ3n) is 4.24. The number of halogens is 1. The van der Waals surface area contributed by atoms with Gasteiger partial charge in [-0.2, -0.15) is 9.57 Å². The summed E-state index contributed by atoms with van der Waals surface area (Å²) >= 11 is 6.13. The van der Waals surface area contributed by atoms with Crippen molar-refractivity contribution < 1.29 is 13.2 Å². The summed E-state index contributed by atoms with van der Waals surface area (Å²) in [5, 5.41) is 11.9. The molecule has 1 saturated carbocycles. The van der Waals surface area contributed by atoms with Crippen LogP contribution in [0.2, 0.25) is 5.02 Å². The molecule has 0 aromatic heterocycles. The molecule has 0 bridgehead atoms. The van der Waals surface area contributed by atoms with Crippen LogP contribution in [-0.4, -0.2) is 31.2 Å². The van der Waals surface area contributed by atoms with E-state index in [-0.39, 0.29) is 17.5 Å². The lowest BCUT2D eigenvalue weighted by Crippen LogP contribution is -2.39. The maximum absolute atomic E-state index is 12.9. The standard InChI is InChI=1S/C19H18ClN3O3S/c1-13-2-9-18(17(20)10-13)22-19(24)12-23(15-5-6-15)27(25,26)16-7-3-14(11-21)4-8-16/h2-4,7-10,15H,5-6,12H2,1H3,(H,22,24). The van der Waals surface area contributed by atoms with Crippen LogP contribution in [0, 0.1) is 18.3 Å². The molecule has 0 radical (unpaired) electrons. The topological polar surface area (TPSA) is 90.3 Å². The average molecular weight is 404 g/mol. The SMILES string of the molecule is Cc1ccc(NC(=O)CN(C2CC2)S(=O)(=O)c2ccc(C#N)cc2)c(Cl)c1. The third kappa shape index (κ3) is 4.48. The van der Waals surface area contributed by atoms with Gasteiger partial charge in [0.2, 0.25) is 15.9 Å². The molecule has 0 unspecified atom stereocenters. The zero-order valence-electron chi connectivity index (χ0n) is 14.6. The van der Waals surface area contributed by atoms with Gasteiger partial charge in [-0.25, -0.2) is 8.42 Å². The van der Waals surface area contributed by atoms with E-state index in [1.165, 1.54) is 28.6 Å². The van der Waals surface area contributed by atoms with E-state index in [4.69, 9.17) is 16.9 Å². The summed E-state index contributed by atoms with van der Waals surface area (Å²) in [7, 11) is -3.84. The number of nitriles is 1. The average Bonchev–Trinajstić information content (AvgIpc) is 3.47. The Bertz CT molecular complexity index is 1010. The zero-order valence-corrected chi connectivity index (χ0v) is 16.2. The highest BCUT2D eigenvalue weighted by Crippen LogP contribution is 2.32. The molecule has 2 aromatic rings. The first-order valence-corrected chi connectivity index (χ1v) is 10.2. The summed E-state index contributed by atoms with van der Waals surface area (Å²) in [6.45, 7) is 1.59. The molecule has 8 heteroatoms. The molecule has 0 heterocycles. The lowest BCUT2D eigenvalue weighted by atomic mass is 10.2. The minimum atomic E-state index is -3.84. The van der Waals surface area contributed by atoms with Crippen LogP contribution in [-0.2, 0) is 14.8 Å². The van der Waals surface area contributed by atoms with Gasteiger partial charge in [-0.15, -0.1) is 0 Å². The number of benzene rings is 2. The van der Waals surface area contributed by atoms with Gasteiger partial charge >= 0.3 is 0 Å². The van der Waals surface area contributed by atoms with Gasteiger partial charge < -0.3 is 5.32 Å². The van der Waals surface area contributed by atoms with Crippen LogP contribution in [0.3, 0.4) is 0 Å². The molecule has 140 valence electrons. The van der Waals surface area contributed by atoms with E-state index in [1.807, 2.05) is 19.1 Å². The van der Waals surface area contributed by atoms with E-state index in [2.05, 4.69) is 5.32 Å². The van der Waals surface area contributed by atoms with E-state index in [9.17, 15) is 13.2 Å². The maximum Gasteiger partial charge on any atom is 0.243 e. The van der Waals surface area contributed by atoms with Crippen molar-refractivity contribution in [1.29, 1.82) is 5.26 Å². The Morgan fingerprint density at radius 1 is 1.26 bits per heavy atom. The number of sulfonamides is 1. The molecule has 1 aliphatic rings. The fourth-order valence-electron chi connectivity index (χ4n) is 2.66. The van der Waals surface area contributed by atoms with Crippen molar-refractivity contribution in [2.75, 3.05) is 11.9 Å². The fourth-order valence-corrected chi connectivity index (χ4v) is 4.59. The Morgan fingerprint density at radius 3 is 2.48 bits per heavy atom. The van der Waals surface area contributed by atoms with E-state index in [1.54, 1.807) is 12.1 Å².